The fourth-order valence-corrected chi connectivity index (χ4v) is 15.6. The number of aromatic nitrogens is 10. The highest BCUT2D eigenvalue weighted by molar-refractivity contribution is 7.89. The lowest BCUT2D eigenvalue weighted by molar-refractivity contribution is -0.590. The Morgan fingerprint density at radius 1 is 0.750 bits per heavy atom. The van der Waals surface area contributed by atoms with Crippen LogP contribution in [-0.4, -0.2) is 195 Å². The Hall–Kier alpha value is -9.07. The summed E-state index contributed by atoms with van der Waals surface area (Å²) >= 11 is 0. The fraction of sp³-hybridized carbons (Fsp3) is 0.439. The summed E-state index contributed by atoms with van der Waals surface area (Å²) in [6.07, 6.45) is 3.50. The van der Waals surface area contributed by atoms with Gasteiger partial charge in [-0.2, -0.15) is 8.61 Å². The van der Waals surface area contributed by atoms with E-state index >= 15 is 0 Å². The van der Waals surface area contributed by atoms with Gasteiger partial charge in [-0.05, 0) is 113 Å². The van der Waals surface area contributed by atoms with Crippen LogP contribution < -0.4 is 39.9 Å². The van der Waals surface area contributed by atoms with E-state index in [0.29, 0.717) is 141 Å². The minimum atomic E-state index is -3.76. The number of hydrogen-bond acceptors (Lipinski definition) is 18. The molecule has 2 saturated heterocycles. The predicted octanol–water partition coefficient (Wildman–Crippen LogP) is 4.77. The second-order valence-corrected chi connectivity index (χ2v) is 27.7. The van der Waals surface area contributed by atoms with Crippen LogP contribution >= 0.6 is 0 Å². The second kappa shape index (κ2) is 28.7. The average molecular weight is 1360 g/mol. The lowest BCUT2D eigenvalue weighted by Crippen LogP contribution is -2.62. The van der Waals surface area contributed by atoms with E-state index in [-0.39, 0.29) is 63.8 Å². The fourth-order valence-electron chi connectivity index (χ4n) is 12.7. The highest BCUT2D eigenvalue weighted by atomic mass is 32.2. The molecule has 4 aromatic carbocycles. The Bertz CT molecular complexity index is 4750. The molecule has 13 rings (SSSR count). The molecule has 2 amide bonds. The van der Waals surface area contributed by atoms with Crippen LogP contribution in [0.25, 0.3) is 44.8 Å². The van der Waals surface area contributed by atoms with Crippen LogP contribution in [0.3, 0.4) is 0 Å². The number of nitrogens with one attached hydrogen (secondary N) is 4. The maximum Gasteiger partial charge on any atom is 0.350 e. The molecule has 4 aliphatic heterocycles. The van der Waals surface area contributed by atoms with Gasteiger partial charge in [0.1, 0.15) is 23.4 Å². The van der Waals surface area contributed by atoms with Gasteiger partial charge in [0.15, 0.2) is 28.7 Å². The van der Waals surface area contributed by atoms with Gasteiger partial charge in [0.25, 0.3) is 5.56 Å². The number of hydrogen-bond donors (Lipinski definition) is 4. The first kappa shape index (κ1) is 68.3. The normalized spacial score (nSPS) is 16.6. The molecule has 30 heteroatoms. The first-order chi connectivity index (χ1) is 46.1. The minimum Gasteiger partial charge on any atom is -0.493 e. The lowest BCUT2D eigenvalue weighted by atomic mass is 9.86. The quantitative estimate of drug-likeness (QED) is 0.0590. The summed E-state index contributed by atoms with van der Waals surface area (Å²) in [5.41, 5.74) is 5.37. The number of benzene rings is 4. The molecule has 0 bridgehead atoms. The summed E-state index contributed by atoms with van der Waals surface area (Å²) in [5.74, 6) is 3.95. The number of aromatic amines is 3. The van der Waals surface area contributed by atoms with Crippen molar-refractivity contribution in [3.8, 4) is 45.8 Å². The van der Waals surface area contributed by atoms with Crippen molar-refractivity contribution in [1.29, 1.82) is 0 Å². The molecule has 4 aliphatic rings. The maximum absolute atomic E-state index is 13.4. The predicted molar refractivity (Wildman–Crippen MR) is 358 cm³/mol. The third-order valence-corrected chi connectivity index (χ3v) is 21.3. The summed E-state index contributed by atoms with van der Waals surface area (Å²) in [7, 11) is -2.11. The van der Waals surface area contributed by atoms with Crippen molar-refractivity contribution < 1.29 is 49.9 Å². The molecular formula is C66H83N16O12S2+. The Labute approximate surface area is 556 Å². The zero-order valence-electron chi connectivity index (χ0n) is 55.8. The number of nitrogens with zero attached hydrogens (tertiary/aromatic N) is 12. The number of sulfonamides is 2. The van der Waals surface area contributed by atoms with E-state index in [1.54, 1.807) is 48.6 Å². The van der Waals surface area contributed by atoms with Crippen LogP contribution in [0.5, 0.6) is 23.0 Å². The van der Waals surface area contributed by atoms with Crippen LogP contribution in [0.2, 0.25) is 0 Å². The van der Waals surface area contributed by atoms with Crippen molar-refractivity contribution in [1.82, 2.24) is 73.1 Å². The van der Waals surface area contributed by atoms with Gasteiger partial charge in [0, 0.05) is 93.8 Å². The number of aryl methyl sites for hydroxylation is 4. The van der Waals surface area contributed by atoms with Crippen molar-refractivity contribution in [2.45, 2.75) is 102 Å². The van der Waals surface area contributed by atoms with E-state index in [4.69, 9.17) is 18.9 Å². The molecule has 510 valence electrons. The number of ether oxygens (including phenoxy) is 4. The number of imidazole rings is 1. The van der Waals surface area contributed by atoms with Crippen molar-refractivity contribution in [2.75, 3.05) is 93.0 Å². The molecule has 0 unspecified atom stereocenters. The summed E-state index contributed by atoms with van der Waals surface area (Å²) in [6, 6.07) is 22.3. The molecule has 0 saturated carbocycles. The molecule has 5 aromatic heterocycles. The van der Waals surface area contributed by atoms with Gasteiger partial charge in [0.05, 0.1) is 59.5 Å². The first-order valence-electron chi connectivity index (χ1n) is 32.5. The summed E-state index contributed by atoms with van der Waals surface area (Å²) < 4.78 is 83.4. The van der Waals surface area contributed by atoms with Crippen LogP contribution in [0, 0.1) is 6.92 Å². The zero-order valence-corrected chi connectivity index (χ0v) is 57.4. The van der Waals surface area contributed by atoms with Crippen LogP contribution in [0.4, 0.5) is 0 Å². The van der Waals surface area contributed by atoms with Crippen LogP contribution in [0.15, 0.2) is 98.2 Å². The molecule has 0 spiro atoms. The number of piperazine rings is 2. The van der Waals surface area contributed by atoms with Crippen LogP contribution in [0.1, 0.15) is 94.6 Å². The van der Waals surface area contributed by atoms with Crippen molar-refractivity contribution in [3.63, 3.8) is 0 Å². The van der Waals surface area contributed by atoms with Gasteiger partial charge in [-0.25, -0.2) is 26.3 Å². The van der Waals surface area contributed by atoms with E-state index in [2.05, 4.69) is 51.5 Å². The lowest BCUT2D eigenvalue weighted by Gasteiger charge is -2.46. The first-order valence-corrected chi connectivity index (χ1v) is 35.4. The Balaban J connectivity index is 0.000000147. The number of likely N-dealkylation sites (N-methyl/N-ethyl adjacent to an activating group) is 4. The minimum absolute atomic E-state index is 0.0220. The average Bonchev–Trinajstić information content (AvgIpc) is 1.46. The van der Waals surface area contributed by atoms with Crippen molar-refractivity contribution >= 4 is 53.9 Å². The number of carbonyl (C=O) groups excluding carboxylic acids is 2. The molecule has 0 radical (unpaired) electrons. The molecule has 9 aromatic rings. The highest BCUT2D eigenvalue weighted by Gasteiger charge is 2.48. The van der Waals surface area contributed by atoms with Gasteiger partial charge >= 0.3 is 17.0 Å². The van der Waals surface area contributed by atoms with Crippen molar-refractivity contribution in [2.24, 2.45) is 7.05 Å². The third kappa shape index (κ3) is 13.3. The topological polar surface area (TPSA) is 314 Å². The summed E-state index contributed by atoms with van der Waals surface area (Å²) in [4.78, 5) is 71.2. The molecule has 2 fully saturated rings. The molecule has 4 N–H and O–H groups in total. The van der Waals surface area contributed by atoms with Crippen molar-refractivity contribution in [3.05, 3.63) is 134 Å². The molecular weight excluding hydrogens is 1270 g/mol. The monoisotopic (exact) mass is 1360 g/mol. The highest BCUT2D eigenvalue weighted by Crippen LogP contribution is 2.45. The van der Waals surface area contributed by atoms with Gasteiger partial charge in [-0.1, -0.05) is 61.6 Å². The SMILES string of the molecule is CCCc1nc(C)c2c(=O)[nH]c(-c3cc(S(=O)(=O)N(CC)CCNCC)ccc3OCC)nn12.CCCc1nn(C)c2c(=O)[nH]c(-c3cc(S(=O)(=O)N4CCN(C)CC4)ccc3OCC)n[n+]12.CN1CC(=O)N2[C@H](c3ccc4c(c3)OCO4)c3[nH]c4ccccc4c3C[C@@H]2C1=O. The second-order valence-electron chi connectivity index (χ2n) is 23.8. The number of para-hydroxylation sites is 1. The molecule has 96 heavy (non-hydrogen) atoms. The number of rotatable bonds is 20. The van der Waals surface area contributed by atoms with Gasteiger partial charge in [0.2, 0.25) is 38.7 Å². The number of carbonyl (C=O) groups is 2. The molecule has 28 nitrogen and oxygen atoms in total. The Morgan fingerprint density at radius 2 is 1.43 bits per heavy atom. The Kier molecular flexibility index (Phi) is 20.4. The summed E-state index contributed by atoms with van der Waals surface area (Å²) in [6.45, 7) is 18.5. The van der Waals surface area contributed by atoms with E-state index < -0.39 is 26.1 Å². The molecule has 9 heterocycles. The smallest absolute Gasteiger partial charge is 0.350 e. The van der Waals surface area contributed by atoms with E-state index in [1.165, 1.54) is 40.9 Å². The Morgan fingerprint density at radius 3 is 2.12 bits per heavy atom. The van der Waals surface area contributed by atoms with Gasteiger partial charge in [-0.3, -0.25) is 24.2 Å². The number of amides is 2. The van der Waals surface area contributed by atoms with E-state index in [9.17, 15) is 36.0 Å². The van der Waals surface area contributed by atoms with Gasteiger partial charge in [-0.15, -0.1) is 9.78 Å². The van der Waals surface area contributed by atoms with Gasteiger partial charge < -0.3 is 48.9 Å². The zero-order chi connectivity index (χ0) is 68.3. The van der Waals surface area contributed by atoms with Crippen LogP contribution in [-0.2, 0) is 55.9 Å². The molecule has 2 atom stereocenters. The maximum atomic E-state index is 13.4. The summed E-state index contributed by atoms with van der Waals surface area (Å²) in [5, 5.41) is 17.9. The largest absolute Gasteiger partial charge is 0.493 e. The number of fused-ring (bicyclic) bond motifs is 7. The van der Waals surface area contributed by atoms with E-state index in [0.717, 1.165) is 47.1 Å². The third-order valence-electron chi connectivity index (χ3n) is 17.4. The number of H-pyrrole nitrogens is 3. The van der Waals surface area contributed by atoms with E-state index in [1.807, 2.05) is 85.0 Å². The standard InChI is InChI=1S/C23H34N6O4S.C22H19N3O4.C21H29N7O4S/c1-6-10-20-25-16(5)21-23(30)26-22(27-29(20)21)18-15-17(11-12-19(18)33-9-4)34(31,32)28(8-3)14-13-24-7-2;1-24-10-19(26)25-16(22(24)27)9-14-13-4-2-3-5-15(13)23-20(14)21(25)12-6-7-17-18(8-12)29-11-28-17;1-5-7-18-23-26(4)21-20(29)22-19(24-28(18)21)16-14-15(8-9-17(16)32-6-2)33(30,31)27-12-10-25(3)11-13-27/h11-12,15,24H,6-10,13-14H2,1-5H3,(H,26,27,30);2-8,16,21,23H,9-11H2,1H3;8-9,14H,5-7,10-13H2,1-4H3/p+1/t;16-,21-;/m.1./s1. The molecule has 0 aliphatic carbocycles.